The Kier molecular flexibility index (Phi) is 3.01. The summed E-state index contributed by atoms with van der Waals surface area (Å²) < 4.78 is 2.30. The number of nitrogens with two attached hydrogens (primary N) is 1. The highest BCUT2D eigenvalue weighted by Gasteiger charge is 2.23. The van der Waals surface area contributed by atoms with Crippen LogP contribution >= 0.6 is 0 Å². The lowest BCUT2D eigenvalue weighted by atomic mass is 10.1. The zero-order chi connectivity index (χ0) is 13.4. The second-order valence-corrected chi connectivity index (χ2v) is 5.40. The number of aryl methyl sites for hydroxylation is 1. The van der Waals surface area contributed by atoms with Gasteiger partial charge in [0, 0.05) is 17.3 Å². The van der Waals surface area contributed by atoms with Crippen molar-refractivity contribution in [2.24, 2.45) is 0 Å². The van der Waals surface area contributed by atoms with Gasteiger partial charge in [-0.05, 0) is 38.3 Å². The van der Waals surface area contributed by atoms with Crippen LogP contribution in [0.15, 0.2) is 18.2 Å². The van der Waals surface area contributed by atoms with Crippen molar-refractivity contribution in [3.8, 4) is 11.4 Å². The largest absolute Gasteiger partial charge is 0.398 e. The number of anilines is 1. The van der Waals surface area contributed by atoms with E-state index in [1.54, 1.807) is 0 Å². The van der Waals surface area contributed by atoms with Crippen LogP contribution in [0.1, 0.15) is 43.1 Å². The smallest absolute Gasteiger partial charge is 0.164 e. The number of aromatic nitrogens is 3. The van der Waals surface area contributed by atoms with Crippen LogP contribution in [0.4, 0.5) is 5.69 Å². The summed E-state index contributed by atoms with van der Waals surface area (Å²) >= 11 is 0. The van der Waals surface area contributed by atoms with Crippen LogP contribution in [0.25, 0.3) is 11.4 Å². The molecule has 1 fully saturated rings. The zero-order valence-corrected chi connectivity index (χ0v) is 11.6. The molecule has 2 N–H and O–H groups in total. The molecule has 1 aromatic carbocycles. The van der Waals surface area contributed by atoms with E-state index in [0.717, 1.165) is 28.5 Å². The maximum Gasteiger partial charge on any atom is 0.164 e. The van der Waals surface area contributed by atoms with Crippen molar-refractivity contribution in [1.29, 1.82) is 0 Å². The molecule has 19 heavy (non-hydrogen) atoms. The van der Waals surface area contributed by atoms with Crippen LogP contribution in [-0.2, 0) is 0 Å². The maximum atomic E-state index is 6.01. The number of hydrogen-bond acceptors (Lipinski definition) is 3. The van der Waals surface area contributed by atoms with E-state index in [4.69, 9.17) is 5.73 Å². The molecule has 0 bridgehead atoms. The first-order valence-corrected chi connectivity index (χ1v) is 6.95. The summed E-state index contributed by atoms with van der Waals surface area (Å²) in [5.41, 5.74) is 9.02. The monoisotopic (exact) mass is 256 g/mol. The Balaban J connectivity index is 2.12. The van der Waals surface area contributed by atoms with Crippen LogP contribution in [0.2, 0.25) is 0 Å². The van der Waals surface area contributed by atoms with Crippen molar-refractivity contribution < 1.29 is 0 Å². The second-order valence-electron chi connectivity index (χ2n) is 5.40. The molecule has 0 atom stereocenters. The van der Waals surface area contributed by atoms with Gasteiger partial charge in [-0.3, -0.25) is 0 Å². The average molecular weight is 256 g/mol. The minimum atomic E-state index is 0.547. The molecule has 100 valence electrons. The van der Waals surface area contributed by atoms with Gasteiger partial charge in [-0.1, -0.05) is 25.0 Å². The zero-order valence-electron chi connectivity index (χ0n) is 11.6. The van der Waals surface area contributed by atoms with Crippen molar-refractivity contribution in [2.75, 3.05) is 5.73 Å². The third-order valence-corrected chi connectivity index (χ3v) is 4.17. The van der Waals surface area contributed by atoms with Gasteiger partial charge >= 0.3 is 0 Å². The molecule has 0 spiro atoms. The van der Waals surface area contributed by atoms with E-state index in [0.29, 0.717) is 6.04 Å². The summed E-state index contributed by atoms with van der Waals surface area (Å²) in [6.45, 7) is 4.09. The van der Waals surface area contributed by atoms with Gasteiger partial charge in [-0.25, -0.2) is 0 Å². The summed E-state index contributed by atoms with van der Waals surface area (Å²) in [7, 11) is 0. The van der Waals surface area contributed by atoms with E-state index in [1.807, 2.05) is 26.0 Å². The Morgan fingerprint density at radius 1 is 1.16 bits per heavy atom. The fraction of sp³-hybridized carbons (Fsp3) is 0.467. The van der Waals surface area contributed by atoms with Crippen molar-refractivity contribution >= 4 is 5.69 Å². The molecular weight excluding hydrogens is 236 g/mol. The van der Waals surface area contributed by atoms with Gasteiger partial charge in [0.05, 0.1) is 0 Å². The molecule has 0 radical (unpaired) electrons. The van der Waals surface area contributed by atoms with Gasteiger partial charge in [0.2, 0.25) is 0 Å². The summed E-state index contributed by atoms with van der Waals surface area (Å²) in [5.74, 6) is 1.97. The molecular formula is C15H20N4. The number of rotatable bonds is 2. The lowest BCUT2D eigenvalue weighted by molar-refractivity contribution is 0.510. The Hall–Kier alpha value is -1.84. The normalized spacial score (nSPS) is 16.1. The third-order valence-electron chi connectivity index (χ3n) is 4.17. The molecule has 2 aromatic rings. The first kappa shape index (κ1) is 12.2. The van der Waals surface area contributed by atoms with Crippen LogP contribution in [-0.4, -0.2) is 14.8 Å². The third kappa shape index (κ3) is 2.01. The standard InChI is InChI=1S/C15H20N4/c1-10-13(8-5-9-14(10)16)15-18-17-11(2)19(15)12-6-3-4-7-12/h5,8-9,12H,3-4,6-7,16H2,1-2H3. The van der Waals surface area contributed by atoms with Crippen molar-refractivity contribution in [3.05, 3.63) is 29.6 Å². The van der Waals surface area contributed by atoms with Gasteiger partial charge < -0.3 is 10.3 Å². The molecule has 1 aromatic heterocycles. The molecule has 4 heteroatoms. The van der Waals surface area contributed by atoms with Crippen molar-refractivity contribution in [3.63, 3.8) is 0 Å². The van der Waals surface area contributed by atoms with Gasteiger partial charge in [0.25, 0.3) is 0 Å². The van der Waals surface area contributed by atoms with E-state index < -0.39 is 0 Å². The van der Waals surface area contributed by atoms with Gasteiger partial charge in [-0.2, -0.15) is 0 Å². The first-order valence-electron chi connectivity index (χ1n) is 6.95. The van der Waals surface area contributed by atoms with E-state index in [1.165, 1.54) is 25.7 Å². The number of nitrogen functional groups attached to an aromatic ring is 1. The fourth-order valence-electron chi connectivity index (χ4n) is 3.05. The van der Waals surface area contributed by atoms with Gasteiger partial charge in [-0.15, -0.1) is 10.2 Å². The first-order chi connectivity index (χ1) is 9.18. The van der Waals surface area contributed by atoms with Crippen molar-refractivity contribution in [1.82, 2.24) is 14.8 Å². The van der Waals surface area contributed by atoms with Crippen LogP contribution in [0.5, 0.6) is 0 Å². The molecule has 1 saturated carbocycles. The predicted molar refractivity (Wildman–Crippen MR) is 76.8 cm³/mol. The number of benzene rings is 1. The van der Waals surface area contributed by atoms with E-state index in [9.17, 15) is 0 Å². The minimum absolute atomic E-state index is 0.547. The Morgan fingerprint density at radius 2 is 1.89 bits per heavy atom. The second kappa shape index (κ2) is 4.68. The molecule has 0 saturated heterocycles. The van der Waals surface area contributed by atoms with Gasteiger partial charge in [0.1, 0.15) is 5.82 Å². The van der Waals surface area contributed by atoms with Crippen molar-refractivity contribution in [2.45, 2.75) is 45.6 Å². The number of hydrogen-bond donors (Lipinski definition) is 1. The molecule has 1 heterocycles. The Bertz CT molecular complexity index is 594. The van der Waals surface area contributed by atoms with E-state index in [2.05, 4.69) is 20.8 Å². The highest BCUT2D eigenvalue weighted by Crippen LogP contribution is 2.35. The average Bonchev–Trinajstić information content (AvgIpc) is 3.02. The quantitative estimate of drug-likeness (QED) is 0.839. The summed E-state index contributed by atoms with van der Waals surface area (Å²) in [6, 6.07) is 6.55. The molecule has 4 nitrogen and oxygen atoms in total. The van der Waals surface area contributed by atoms with Crippen LogP contribution in [0.3, 0.4) is 0 Å². The lowest BCUT2D eigenvalue weighted by Gasteiger charge is -2.17. The van der Waals surface area contributed by atoms with Gasteiger partial charge in [0.15, 0.2) is 5.82 Å². The molecule has 0 amide bonds. The van der Waals surface area contributed by atoms with Crippen LogP contribution < -0.4 is 5.73 Å². The van der Waals surface area contributed by atoms with Crippen LogP contribution in [0, 0.1) is 13.8 Å². The fourth-order valence-corrected chi connectivity index (χ4v) is 3.05. The minimum Gasteiger partial charge on any atom is -0.398 e. The Labute approximate surface area is 113 Å². The molecule has 1 aliphatic rings. The highest BCUT2D eigenvalue weighted by atomic mass is 15.3. The SMILES string of the molecule is Cc1c(N)cccc1-c1nnc(C)n1C1CCCC1. The lowest BCUT2D eigenvalue weighted by Crippen LogP contribution is -2.09. The Morgan fingerprint density at radius 3 is 2.63 bits per heavy atom. The topological polar surface area (TPSA) is 56.7 Å². The molecule has 0 aliphatic heterocycles. The molecule has 3 rings (SSSR count). The maximum absolute atomic E-state index is 6.01. The van der Waals surface area contributed by atoms with E-state index in [-0.39, 0.29) is 0 Å². The summed E-state index contributed by atoms with van der Waals surface area (Å²) in [6.07, 6.45) is 5.07. The summed E-state index contributed by atoms with van der Waals surface area (Å²) in [4.78, 5) is 0. The molecule has 1 aliphatic carbocycles. The summed E-state index contributed by atoms with van der Waals surface area (Å²) in [5, 5.41) is 8.67. The van der Waals surface area contributed by atoms with E-state index >= 15 is 0 Å². The highest BCUT2D eigenvalue weighted by molar-refractivity contribution is 5.68. The number of nitrogens with zero attached hydrogens (tertiary/aromatic N) is 3. The molecule has 0 unspecified atom stereocenters. The predicted octanol–water partition coefficient (Wildman–Crippen LogP) is 3.26.